The molecule has 2 aliphatic rings. The molecule has 4 rings (SSSR count). The van der Waals surface area contributed by atoms with Gasteiger partial charge in [0.2, 0.25) is 0 Å². The van der Waals surface area contributed by atoms with Crippen molar-refractivity contribution in [2.45, 2.75) is 46.1 Å². The highest BCUT2D eigenvalue weighted by Crippen LogP contribution is 2.38. The van der Waals surface area contributed by atoms with Crippen LogP contribution in [-0.2, 0) is 14.8 Å². The first-order valence-electron chi connectivity index (χ1n) is 11.3. The van der Waals surface area contributed by atoms with Gasteiger partial charge < -0.3 is 4.90 Å². The Morgan fingerprint density at radius 2 is 1.91 bits per heavy atom. The maximum Gasteiger partial charge on any atom is 0.268 e. The van der Waals surface area contributed by atoms with Crippen molar-refractivity contribution in [3.05, 3.63) is 70.7 Å². The van der Waals surface area contributed by atoms with Gasteiger partial charge in [0.15, 0.2) is 5.78 Å². The molecule has 34 heavy (non-hydrogen) atoms. The number of allylic oxidation sites excluding steroid dienone is 4. The molecule has 1 atom stereocenters. The number of nitrogens with one attached hydrogen (secondary N) is 1. The van der Waals surface area contributed by atoms with E-state index in [2.05, 4.69) is 30.4 Å². The topological polar surface area (TPSA) is 96.4 Å². The van der Waals surface area contributed by atoms with Crippen molar-refractivity contribution in [3.63, 3.8) is 0 Å². The standard InChI is InChI=1S/C26H29N3O4S/c1-17-15-26(3,4)29(16-17)24-20(13-14-21(27-24)19-10-6-5-9-18(19)2)25(31)28-34(32,33)23-12-8-7-11-22(23)30/h5-10,12-14,17H,11,15-16H2,1-4H3,(H,28,31)/t17-/m0/s1. The van der Waals surface area contributed by atoms with Crippen molar-refractivity contribution < 1.29 is 18.0 Å². The Kier molecular flexibility index (Phi) is 6.20. The van der Waals surface area contributed by atoms with E-state index in [0.717, 1.165) is 17.5 Å². The average molecular weight is 480 g/mol. The van der Waals surface area contributed by atoms with Crippen LogP contribution < -0.4 is 9.62 Å². The molecule has 0 unspecified atom stereocenters. The number of rotatable bonds is 5. The second-order valence-corrected chi connectivity index (χ2v) is 11.3. The number of hydrogen-bond donors (Lipinski definition) is 1. The highest BCUT2D eigenvalue weighted by Gasteiger charge is 2.39. The zero-order valence-electron chi connectivity index (χ0n) is 19.8. The van der Waals surface area contributed by atoms with E-state index in [-0.39, 0.29) is 17.5 Å². The van der Waals surface area contributed by atoms with Gasteiger partial charge in [-0.3, -0.25) is 9.59 Å². The van der Waals surface area contributed by atoms with Crippen LogP contribution in [0.3, 0.4) is 0 Å². The van der Waals surface area contributed by atoms with Gasteiger partial charge in [0.05, 0.1) is 11.3 Å². The number of benzene rings is 1. The van der Waals surface area contributed by atoms with Crippen molar-refractivity contribution in [2.24, 2.45) is 5.92 Å². The van der Waals surface area contributed by atoms with Gasteiger partial charge in [-0.2, -0.15) is 0 Å². The first-order chi connectivity index (χ1) is 16.0. The SMILES string of the molecule is Cc1ccccc1-c1ccc(C(=O)NS(=O)(=O)C2=CC=CCC2=O)c(N2C[C@@H](C)CC2(C)C)n1. The number of aryl methyl sites for hydroxylation is 1. The van der Waals surface area contributed by atoms with Crippen LogP contribution in [0, 0.1) is 12.8 Å². The van der Waals surface area contributed by atoms with Gasteiger partial charge in [-0.05, 0) is 56.9 Å². The molecule has 178 valence electrons. The van der Waals surface area contributed by atoms with Crippen LogP contribution >= 0.6 is 0 Å². The number of ketones is 1. The summed E-state index contributed by atoms with van der Waals surface area (Å²) in [4.78, 5) is 31.9. The van der Waals surface area contributed by atoms with Crippen molar-refractivity contribution in [1.82, 2.24) is 9.71 Å². The molecule has 0 bridgehead atoms. The quantitative estimate of drug-likeness (QED) is 0.692. The third kappa shape index (κ3) is 4.55. The van der Waals surface area contributed by atoms with Crippen LogP contribution in [0.1, 0.15) is 49.5 Å². The number of sulfonamides is 1. The number of pyridine rings is 1. The van der Waals surface area contributed by atoms with Gasteiger partial charge in [-0.15, -0.1) is 0 Å². The molecule has 1 N–H and O–H groups in total. The van der Waals surface area contributed by atoms with Crippen LogP contribution in [0.25, 0.3) is 11.3 Å². The fraction of sp³-hybridized carbons (Fsp3) is 0.346. The molecule has 8 heteroatoms. The number of hydrogen-bond acceptors (Lipinski definition) is 6. The Balaban J connectivity index is 1.78. The minimum atomic E-state index is -4.31. The third-order valence-corrected chi connectivity index (χ3v) is 7.74. The molecule has 1 aliphatic carbocycles. The normalized spacial score (nSPS) is 19.8. The zero-order chi connectivity index (χ0) is 24.7. The summed E-state index contributed by atoms with van der Waals surface area (Å²) in [5.74, 6) is -0.537. The zero-order valence-corrected chi connectivity index (χ0v) is 20.6. The first-order valence-corrected chi connectivity index (χ1v) is 12.8. The lowest BCUT2D eigenvalue weighted by Crippen LogP contribution is -2.41. The first kappa shape index (κ1) is 23.9. The molecule has 1 aliphatic heterocycles. The van der Waals surface area contributed by atoms with Crippen LogP contribution in [0.2, 0.25) is 0 Å². The lowest BCUT2D eigenvalue weighted by molar-refractivity contribution is -0.114. The van der Waals surface area contributed by atoms with E-state index in [4.69, 9.17) is 4.98 Å². The van der Waals surface area contributed by atoms with Gasteiger partial charge in [-0.25, -0.2) is 18.1 Å². The van der Waals surface area contributed by atoms with E-state index >= 15 is 0 Å². The minimum Gasteiger partial charge on any atom is -0.351 e. The number of amides is 1. The largest absolute Gasteiger partial charge is 0.351 e. The molecule has 0 spiro atoms. The highest BCUT2D eigenvalue weighted by atomic mass is 32.2. The van der Waals surface area contributed by atoms with Gasteiger partial charge in [0, 0.05) is 24.1 Å². The van der Waals surface area contributed by atoms with Gasteiger partial charge in [0.25, 0.3) is 15.9 Å². The van der Waals surface area contributed by atoms with Crippen LogP contribution in [-0.4, -0.2) is 37.2 Å². The molecular formula is C26H29N3O4S. The van der Waals surface area contributed by atoms with E-state index in [1.807, 2.05) is 31.2 Å². The summed E-state index contributed by atoms with van der Waals surface area (Å²) in [5, 5.41) is 0. The number of aromatic nitrogens is 1. The van der Waals surface area contributed by atoms with E-state index in [9.17, 15) is 18.0 Å². The van der Waals surface area contributed by atoms with Gasteiger partial charge >= 0.3 is 0 Å². The number of carbonyl (C=O) groups is 2. The molecule has 0 radical (unpaired) electrons. The Bertz CT molecular complexity index is 1330. The molecule has 7 nitrogen and oxygen atoms in total. The summed E-state index contributed by atoms with van der Waals surface area (Å²) < 4.78 is 27.8. The maximum atomic E-state index is 13.3. The number of anilines is 1. The van der Waals surface area contributed by atoms with Gasteiger partial charge in [0.1, 0.15) is 10.7 Å². The Morgan fingerprint density at radius 1 is 1.18 bits per heavy atom. The summed E-state index contributed by atoms with van der Waals surface area (Å²) in [5.41, 5.74) is 2.58. The van der Waals surface area contributed by atoms with Crippen LogP contribution in [0.5, 0.6) is 0 Å². The van der Waals surface area contributed by atoms with Crippen molar-refractivity contribution in [2.75, 3.05) is 11.4 Å². The molecule has 0 saturated carbocycles. The van der Waals surface area contributed by atoms with E-state index in [1.54, 1.807) is 18.2 Å². The van der Waals surface area contributed by atoms with Crippen molar-refractivity contribution >= 4 is 27.5 Å². The Morgan fingerprint density at radius 3 is 2.56 bits per heavy atom. The number of Topliss-reactive ketones (excluding diaryl/α,β-unsaturated/α-hetero) is 1. The van der Waals surface area contributed by atoms with E-state index in [0.29, 0.717) is 24.0 Å². The van der Waals surface area contributed by atoms with Crippen LogP contribution in [0.15, 0.2) is 59.5 Å². The monoisotopic (exact) mass is 479 g/mol. The van der Waals surface area contributed by atoms with E-state index < -0.39 is 26.6 Å². The Labute approximate surface area is 200 Å². The smallest absolute Gasteiger partial charge is 0.268 e. The fourth-order valence-corrected chi connectivity index (χ4v) is 5.90. The predicted octanol–water partition coefficient (Wildman–Crippen LogP) is 4.15. The Hall–Kier alpha value is -3.26. The molecule has 1 saturated heterocycles. The molecule has 2 aromatic rings. The number of nitrogens with zero attached hydrogens (tertiary/aromatic N) is 2. The van der Waals surface area contributed by atoms with Crippen molar-refractivity contribution in [1.29, 1.82) is 0 Å². The second kappa shape index (κ2) is 8.83. The lowest BCUT2D eigenvalue weighted by atomic mass is 9.97. The predicted molar refractivity (Wildman–Crippen MR) is 133 cm³/mol. The third-order valence-electron chi connectivity index (χ3n) is 6.35. The minimum absolute atomic E-state index is 0.0152. The summed E-state index contributed by atoms with van der Waals surface area (Å²) in [7, 11) is -4.31. The second-order valence-electron chi connectivity index (χ2n) is 9.64. The summed E-state index contributed by atoms with van der Waals surface area (Å²) in [6, 6.07) is 11.2. The lowest BCUT2D eigenvalue weighted by Gasteiger charge is -2.34. The molecule has 1 aromatic heterocycles. The summed E-state index contributed by atoms with van der Waals surface area (Å²) in [6.45, 7) is 9.02. The molecular weight excluding hydrogens is 450 g/mol. The average Bonchev–Trinajstić information content (AvgIpc) is 3.05. The fourth-order valence-electron chi connectivity index (χ4n) is 4.80. The van der Waals surface area contributed by atoms with Crippen LogP contribution in [0.4, 0.5) is 5.82 Å². The molecule has 1 amide bonds. The van der Waals surface area contributed by atoms with Gasteiger partial charge in [-0.1, -0.05) is 43.3 Å². The molecule has 2 heterocycles. The highest BCUT2D eigenvalue weighted by molar-refractivity contribution is 7.95. The van der Waals surface area contributed by atoms with E-state index in [1.165, 1.54) is 12.2 Å². The molecule has 1 aromatic carbocycles. The number of carbonyl (C=O) groups excluding carboxylic acids is 2. The summed E-state index contributed by atoms with van der Waals surface area (Å²) >= 11 is 0. The maximum absolute atomic E-state index is 13.3. The molecule has 1 fully saturated rings. The summed E-state index contributed by atoms with van der Waals surface area (Å²) in [6.07, 6.45) is 5.19. The van der Waals surface area contributed by atoms with Crippen molar-refractivity contribution in [3.8, 4) is 11.3 Å².